The highest BCUT2D eigenvalue weighted by atomic mass is 32.2. The van der Waals surface area contributed by atoms with Gasteiger partial charge in [-0.25, -0.2) is 9.29 Å². The maximum absolute atomic E-state index is 13.2. The van der Waals surface area contributed by atoms with E-state index in [-0.39, 0.29) is 18.1 Å². The SMILES string of the molecule is CSc1cccc(NC(=O)CN2N=NC3C(=O)N(c4ccc(F)cc4)C(=O)C32)c1. The number of nitrogens with one attached hydrogen (secondary N) is 1. The molecular formula is C19H16FN5O3S. The van der Waals surface area contributed by atoms with Crippen LogP contribution in [0.15, 0.2) is 63.8 Å². The van der Waals surface area contributed by atoms with Crippen LogP contribution in [0.1, 0.15) is 0 Å². The number of carbonyl (C=O) groups is 3. The molecule has 2 aliphatic rings. The molecule has 148 valence electrons. The lowest BCUT2D eigenvalue weighted by Crippen LogP contribution is -2.43. The van der Waals surface area contributed by atoms with E-state index in [0.717, 1.165) is 9.80 Å². The number of anilines is 2. The van der Waals surface area contributed by atoms with Gasteiger partial charge >= 0.3 is 0 Å². The van der Waals surface area contributed by atoms with E-state index in [0.29, 0.717) is 5.69 Å². The quantitative estimate of drug-likeness (QED) is 0.600. The van der Waals surface area contributed by atoms with Crippen molar-refractivity contribution in [2.45, 2.75) is 17.0 Å². The maximum atomic E-state index is 13.2. The minimum atomic E-state index is -1.01. The minimum Gasteiger partial charge on any atom is -0.324 e. The summed E-state index contributed by atoms with van der Waals surface area (Å²) in [5.41, 5.74) is 0.876. The van der Waals surface area contributed by atoms with Crippen molar-refractivity contribution in [2.24, 2.45) is 10.3 Å². The Balaban J connectivity index is 1.47. The molecule has 1 saturated heterocycles. The van der Waals surface area contributed by atoms with Crippen LogP contribution in [0.25, 0.3) is 0 Å². The van der Waals surface area contributed by atoms with Gasteiger partial charge in [-0.15, -0.1) is 11.8 Å². The molecule has 2 aliphatic heterocycles. The summed E-state index contributed by atoms with van der Waals surface area (Å²) in [6, 6.07) is 10.4. The maximum Gasteiger partial charge on any atom is 0.263 e. The summed E-state index contributed by atoms with van der Waals surface area (Å²) >= 11 is 1.55. The number of thioether (sulfide) groups is 1. The predicted octanol–water partition coefficient (Wildman–Crippen LogP) is 2.48. The lowest BCUT2D eigenvalue weighted by atomic mass is 10.1. The molecule has 0 spiro atoms. The minimum absolute atomic E-state index is 0.232. The Labute approximate surface area is 169 Å². The normalized spacial score (nSPS) is 20.3. The van der Waals surface area contributed by atoms with Gasteiger partial charge in [0.2, 0.25) is 5.91 Å². The van der Waals surface area contributed by atoms with Crippen molar-refractivity contribution in [1.82, 2.24) is 5.01 Å². The fourth-order valence-corrected chi connectivity index (χ4v) is 3.71. The summed E-state index contributed by atoms with van der Waals surface area (Å²) in [4.78, 5) is 39.8. The van der Waals surface area contributed by atoms with E-state index in [4.69, 9.17) is 0 Å². The first-order valence-corrected chi connectivity index (χ1v) is 9.95. The molecule has 8 nitrogen and oxygen atoms in total. The van der Waals surface area contributed by atoms with Crippen molar-refractivity contribution >= 4 is 40.9 Å². The zero-order valence-corrected chi connectivity index (χ0v) is 16.1. The summed E-state index contributed by atoms with van der Waals surface area (Å²) in [7, 11) is 0. The molecule has 2 aromatic rings. The first-order valence-electron chi connectivity index (χ1n) is 8.72. The number of hydrogen-bond donors (Lipinski definition) is 1. The van der Waals surface area contributed by atoms with E-state index in [2.05, 4.69) is 15.7 Å². The topological polar surface area (TPSA) is 94.4 Å². The van der Waals surface area contributed by atoms with E-state index in [1.165, 1.54) is 29.3 Å². The highest BCUT2D eigenvalue weighted by Crippen LogP contribution is 2.31. The smallest absolute Gasteiger partial charge is 0.263 e. The van der Waals surface area contributed by atoms with Crippen LogP contribution in [0.4, 0.5) is 15.8 Å². The second-order valence-corrected chi connectivity index (χ2v) is 7.34. The van der Waals surface area contributed by atoms with Crippen molar-refractivity contribution in [3.8, 4) is 0 Å². The zero-order chi connectivity index (χ0) is 20.5. The number of fused-ring (bicyclic) bond motifs is 1. The molecule has 0 aromatic heterocycles. The van der Waals surface area contributed by atoms with Crippen molar-refractivity contribution < 1.29 is 18.8 Å². The molecule has 0 radical (unpaired) electrons. The Morgan fingerprint density at radius 1 is 1.17 bits per heavy atom. The second-order valence-electron chi connectivity index (χ2n) is 6.46. The van der Waals surface area contributed by atoms with Gasteiger partial charge in [-0.2, -0.15) is 5.11 Å². The summed E-state index contributed by atoms with van der Waals surface area (Å²) in [6.07, 6.45) is 1.93. The van der Waals surface area contributed by atoms with Crippen LogP contribution < -0.4 is 10.2 Å². The number of hydrogen-bond acceptors (Lipinski definition) is 7. The van der Waals surface area contributed by atoms with Crippen molar-refractivity contribution in [3.63, 3.8) is 0 Å². The van der Waals surface area contributed by atoms with Gasteiger partial charge in [-0.05, 0) is 48.7 Å². The average molecular weight is 413 g/mol. The number of amides is 3. The highest BCUT2D eigenvalue weighted by Gasteiger charge is 2.55. The zero-order valence-electron chi connectivity index (χ0n) is 15.3. The molecule has 0 bridgehead atoms. The summed E-state index contributed by atoms with van der Waals surface area (Å²) in [6.45, 7) is -0.232. The van der Waals surface area contributed by atoms with E-state index in [1.54, 1.807) is 17.8 Å². The van der Waals surface area contributed by atoms with Gasteiger partial charge in [-0.3, -0.25) is 19.4 Å². The molecule has 1 fully saturated rings. The van der Waals surface area contributed by atoms with Crippen molar-refractivity contribution in [3.05, 3.63) is 54.3 Å². The second kappa shape index (κ2) is 7.63. The molecule has 2 aromatic carbocycles. The highest BCUT2D eigenvalue weighted by molar-refractivity contribution is 7.98. The van der Waals surface area contributed by atoms with Gasteiger partial charge in [0.05, 0.1) is 5.69 Å². The largest absolute Gasteiger partial charge is 0.324 e. The number of rotatable bonds is 5. The molecule has 0 saturated carbocycles. The van der Waals surface area contributed by atoms with Crippen LogP contribution in [-0.4, -0.2) is 47.6 Å². The summed E-state index contributed by atoms with van der Waals surface area (Å²) < 4.78 is 13.2. The Morgan fingerprint density at radius 2 is 1.93 bits per heavy atom. The van der Waals surface area contributed by atoms with E-state index < -0.39 is 29.7 Å². The van der Waals surface area contributed by atoms with Gasteiger partial charge in [0.1, 0.15) is 12.4 Å². The monoisotopic (exact) mass is 413 g/mol. The Bertz CT molecular complexity index is 1010. The van der Waals surface area contributed by atoms with Crippen LogP contribution in [0.2, 0.25) is 0 Å². The fourth-order valence-electron chi connectivity index (χ4n) is 3.25. The van der Waals surface area contributed by atoms with Crippen molar-refractivity contribution in [1.29, 1.82) is 0 Å². The first kappa shape index (κ1) is 19.1. The molecular weight excluding hydrogens is 397 g/mol. The molecule has 2 heterocycles. The number of imide groups is 1. The fraction of sp³-hybridized carbons (Fsp3) is 0.211. The first-order chi connectivity index (χ1) is 14.0. The van der Waals surface area contributed by atoms with E-state index in [1.807, 2.05) is 24.5 Å². The van der Waals surface area contributed by atoms with E-state index in [9.17, 15) is 18.8 Å². The lowest BCUT2D eigenvalue weighted by molar-refractivity contribution is -0.123. The lowest BCUT2D eigenvalue weighted by Gasteiger charge is -2.20. The average Bonchev–Trinajstić information content (AvgIpc) is 3.23. The Kier molecular flexibility index (Phi) is 5.01. The third-order valence-electron chi connectivity index (χ3n) is 4.60. The molecule has 29 heavy (non-hydrogen) atoms. The molecule has 4 rings (SSSR count). The van der Waals surface area contributed by atoms with Gasteiger partial charge in [0.15, 0.2) is 12.1 Å². The molecule has 2 atom stereocenters. The van der Waals surface area contributed by atoms with Gasteiger partial charge in [0, 0.05) is 10.6 Å². The number of halogens is 1. The third kappa shape index (κ3) is 3.58. The molecule has 2 unspecified atom stereocenters. The molecule has 10 heteroatoms. The summed E-state index contributed by atoms with van der Waals surface area (Å²) in [5, 5.41) is 11.7. The van der Waals surface area contributed by atoms with Gasteiger partial charge in [0.25, 0.3) is 11.8 Å². The number of benzene rings is 2. The Hall–Kier alpha value is -3.27. The predicted molar refractivity (Wildman–Crippen MR) is 105 cm³/mol. The number of carbonyl (C=O) groups excluding carboxylic acids is 3. The van der Waals surface area contributed by atoms with Crippen molar-refractivity contribution in [2.75, 3.05) is 23.0 Å². The molecule has 1 N–H and O–H groups in total. The van der Waals surface area contributed by atoms with Gasteiger partial charge in [-0.1, -0.05) is 11.3 Å². The van der Waals surface area contributed by atoms with Crippen LogP contribution in [-0.2, 0) is 14.4 Å². The molecule has 0 aliphatic carbocycles. The Morgan fingerprint density at radius 3 is 2.66 bits per heavy atom. The standard InChI is InChI=1S/C19H16FN5O3S/c1-29-14-4-2-3-12(9-14)21-15(26)10-24-17-16(22-23-24)18(27)25(19(17)28)13-7-5-11(20)6-8-13/h2-9,16-17H,10H2,1H3,(H,21,26). The van der Waals surface area contributed by atoms with Crippen LogP contribution in [0.5, 0.6) is 0 Å². The van der Waals surface area contributed by atoms with Crippen LogP contribution in [0, 0.1) is 5.82 Å². The van der Waals surface area contributed by atoms with Crippen LogP contribution in [0.3, 0.4) is 0 Å². The summed E-state index contributed by atoms with van der Waals surface area (Å²) in [5.74, 6) is -1.96. The third-order valence-corrected chi connectivity index (χ3v) is 5.33. The number of nitrogens with zero attached hydrogens (tertiary/aromatic N) is 4. The van der Waals surface area contributed by atoms with E-state index >= 15 is 0 Å². The molecule has 3 amide bonds. The van der Waals surface area contributed by atoms with Crippen LogP contribution >= 0.6 is 11.8 Å². The van der Waals surface area contributed by atoms with Gasteiger partial charge < -0.3 is 5.32 Å².